The maximum Gasteiger partial charge on any atom is 0.303 e. The average molecular weight is 325 g/mol. The molecule has 0 fully saturated rings. The van der Waals surface area contributed by atoms with Crippen molar-refractivity contribution in [2.24, 2.45) is 0 Å². The first-order chi connectivity index (χ1) is 9.15. The number of hydrogen-bond donors (Lipinski definition) is 1. The second kappa shape index (κ2) is 6.47. The molecule has 0 aliphatic rings. The van der Waals surface area contributed by atoms with Crippen LogP contribution in [0.15, 0.2) is 33.3 Å². The van der Waals surface area contributed by atoms with Crippen molar-refractivity contribution in [2.45, 2.75) is 25.7 Å². The van der Waals surface area contributed by atoms with E-state index in [-0.39, 0.29) is 6.42 Å². The predicted octanol–water partition coefficient (Wildman–Crippen LogP) is 3.30. The molecule has 100 valence electrons. The topological polar surface area (TPSA) is 76.2 Å². The predicted molar refractivity (Wildman–Crippen MR) is 72.6 cm³/mol. The van der Waals surface area contributed by atoms with Crippen molar-refractivity contribution in [2.75, 3.05) is 0 Å². The highest BCUT2D eigenvalue weighted by Crippen LogP contribution is 2.19. The van der Waals surface area contributed by atoms with Crippen LogP contribution in [-0.4, -0.2) is 21.2 Å². The van der Waals surface area contributed by atoms with Gasteiger partial charge in [-0.1, -0.05) is 21.1 Å². The quantitative estimate of drug-likeness (QED) is 0.825. The number of halogens is 1. The van der Waals surface area contributed by atoms with Gasteiger partial charge in [-0.05, 0) is 37.1 Å². The highest BCUT2D eigenvalue weighted by atomic mass is 79.9. The number of carboxylic acids is 1. The van der Waals surface area contributed by atoms with Crippen LogP contribution in [0.3, 0.4) is 0 Å². The Morgan fingerprint density at radius 2 is 2.00 bits per heavy atom. The lowest BCUT2D eigenvalue weighted by atomic mass is 10.2. The second-order valence-corrected chi connectivity index (χ2v) is 5.04. The Bertz CT molecular complexity index is 551. The lowest BCUT2D eigenvalue weighted by Gasteiger charge is -1.94. The van der Waals surface area contributed by atoms with Crippen molar-refractivity contribution in [1.82, 2.24) is 10.1 Å². The normalized spacial score (nSPS) is 10.6. The zero-order chi connectivity index (χ0) is 13.7. The van der Waals surface area contributed by atoms with E-state index in [4.69, 9.17) is 9.63 Å². The molecular formula is C13H13BrN2O3. The summed E-state index contributed by atoms with van der Waals surface area (Å²) < 4.78 is 6.13. The van der Waals surface area contributed by atoms with E-state index in [1.807, 2.05) is 24.3 Å². The van der Waals surface area contributed by atoms with Gasteiger partial charge in [-0.25, -0.2) is 0 Å². The van der Waals surface area contributed by atoms with E-state index in [1.54, 1.807) is 0 Å². The molecule has 2 aromatic rings. The Morgan fingerprint density at radius 1 is 1.26 bits per heavy atom. The van der Waals surface area contributed by atoms with Crippen molar-refractivity contribution in [1.29, 1.82) is 0 Å². The molecule has 0 saturated carbocycles. The van der Waals surface area contributed by atoms with E-state index in [1.165, 1.54) is 0 Å². The molecule has 0 radical (unpaired) electrons. The van der Waals surface area contributed by atoms with Gasteiger partial charge in [0.25, 0.3) is 0 Å². The molecule has 5 nitrogen and oxygen atoms in total. The summed E-state index contributed by atoms with van der Waals surface area (Å²) in [4.78, 5) is 14.7. The first kappa shape index (κ1) is 13.7. The van der Waals surface area contributed by atoms with Crippen LogP contribution in [0, 0.1) is 0 Å². The molecule has 0 saturated heterocycles. The number of unbranched alkanes of at least 4 members (excludes halogenated alkanes) is 1. The number of aryl methyl sites for hydroxylation is 1. The summed E-state index contributed by atoms with van der Waals surface area (Å²) in [7, 11) is 0. The Balaban J connectivity index is 1.91. The first-order valence-electron chi connectivity index (χ1n) is 5.95. The number of benzene rings is 1. The van der Waals surface area contributed by atoms with Crippen LogP contribution < -0.4 is 0 Å². The third-order valence-electron chi connectivity index (χ3n) is 2.60. The van der Waals surface area contributed by atoms with E-state index in [9.17, 15) is 4.79 Å². The zero-order valence-corrected chi connectivity index (χ0v) is 11.8. The van der Waals surface area contributed by atoms with Crippen LogP contribution in [0.5, 0.6) is 0 Å². The fourth-order valence-electron chi connectivity index (χ4n) is 1.63. The molecule has 1 N–H and O–H groups in total. The molecule has 19 heavy (non-hydrogen) atoms. The van der Waals surface area contributed by atoms with E-state index < -0.39 is 5.97 Å². The molecule has 2 rings (SSSR count). The van der Waals surface area contributed by atoms with E-state index in [2.05, 4.69) is 26.1 Å². The van der Waals surface area contributed by atoms with Crippen molar-refractivity contribution in [3.8, 4) is 11.4 Å². The van der Waals surface area contributed by atoms with Gasteiger partial charge < -0.3 is 9.63 Å². The third-order valence-corrected chi connectivity index (χ3v) is 3.13. The number of carboxylic acid groups (broad SMARTS) is 1. The molecular weight excluding hydrogens is 312 g/mol. The van der Waals surface area contributed by atoms with Crippen molar-refractivity contribution in [3.05, 3.63) is 34.6 Å². The smallest absolute Gasteiger partial charge is 0.303 e. The molecule has 6 heteroatoms. The van der Waals surface area contributed by atoms with Gasteiger partial charge in [0.05, 0.1) is 0 Å². The summed E-state index contributed by atoms with van der Waals surface area (Å²) >= 11 is 3.36. The Labute approximate surface area is 118 Å². The summed E-state index contributed by atoms with van der Waals surface area (Å²) in [5, 5.41) is 12.4. The number of aliphatic carboxylic acids is 1. The van der Waals surface area contributed by atoms with Gasteiger partial charge in [0.15, 0.2) is 0 Å². The molecule has 0 bridgehead atoms. The van der Waals surface area contributed by atoms with Crippen LogP contribution >= 0.6 is 15.9 Å². The van der Waals surface area contributed by atoms with Crippen LogP contribution in [0.25, 0.3) is 11.4 Å². The molecule has 1 aromatic carbocycles. The molecule has 1 aromatic heterocycles. The Kier molecular flexibility index (Phi) is 4.68. The van der Waals surface area contributed by atoms with Crippen LogP contribution in [-0.2, 0) is 11.2 Å². The summed E-state index contributed by atoms with van der Waals surface area (Å²) in [6.45, 7) is 0. The minimum Gasteiger partial charge on any atom is -0.481 e. The number of hydrogen-bond acceptors (Lipinski definition) is 4. The largest absolute Gasteiger partial charge is 0.481 e. The van der Waals surface area contributed by atoms with Crippen LogP contribution in [0.4, 0.5) is 0 Å². The monoisotopic (exact) mass is 324 g/mol. The molecule has 0 amide bonds. The minimum absolute atomic E-state index is 0.174. The van der Waals surface area contributed by atoms with Crippen molar-refractivity contribution >= 4 is 21.9 Å². The lowest BCUT2D eigenvalue weighted by molar-refractivity contribution is -0.137. The lowest BCUT2D eigenvalue weighted by Crippen LogP contribution is -1.95. The van der Waals surface area contributed by atoms with Gasteiger partial charge in [-0.3, -0.25) is 4.79 Å². The van der Waals surface area contributed by atoms with E-state index in [0.717, 1.165) is 16.5 Å². The minimum atomic E-state index is -0.777. The third kappa shape index (κ3) is 4.17. The fraction of sp³-hybridized carbons (Fsp3) is 0.308. The number of rotatable bonds is 6. The summed E-state index contributed by atoms with van der Waals surface area (Å²) in [6, 6.07) is 7.64. The van der Waals surface area contributed by atoms with E-state index >= 15 is 0 Å². The molecule has 0 unspecified atom stereocenters. The van der Waals surface area contributed by atoms with Crippen LogP contribution in [0.2, 0.25) is 0 Å². The number of aromatic nitrogens is 2. The molecule has 0 aliphatic heterocycles. The Hall–Kier alpha value is -1.69. The maximum atomic E-state index is 10.4. The highest BCUT2D eigenvalue weighted by molar-refractivity contribution is 9.10. The first-order valence-corrected chi connectivity index (χ1v) is 6.75. The molecule has 0 aliphatic carbocycles. The summed E-state index contributed by atoms with van der Waals surface area (Å²) in [6.07, 6.45) is 2.13. The summed E-state index contributed by atoms with van der Waals surface area (Å²) in [5.74, 6) is 0.324. The average Bonchev–Trinajstić information content (AvgIpc) is 2.84. The Morgan fingerprint density at radius 3 is 2.68 bits per heavy atom. The zero-order valence-electron chi connectivity index (χ0n) is 10.2. The molecule has 1 heterocycles. The standard InChI is InChI=1S/C13H13BrN2O3/c14-10-7-5-9(6-8-10)13-15-11(19-16-13)3-1-2-4-12(17)18/h5-8H,1-4H2,(H,17,18). The number of carbonyl (C=O) groups is 1. The van der Waals surface area contributed by atoms with Gasteiger partial charge >= 0.3 is 5.97 Å². The second-order valence-electron chi connectivity index (χ2n) is 4.12. The highest BCUT2D eigenvalue weighted by Gasteiger charge is 2.08. The van der Waals surface area contributed by atoms with Crippen LogP contribution in [0.1, 0.15) is 25.2 Å². The van der Waals surface area contributed by atoms with E-state index in [0.29, 0.717) is 24.6 Å². The van der Waals surface area contributed by atoms with Gasteiger partial charge in [-0.15, -0.1) is 0 Å². The number of nitrogens with zero attached hydrogens (tertiary/aromatic N) is 2. The van der Waals surface area contributed by atoms with Gasteiger partial charge in [0, 0.05) is 22.9 Å². The molecule has 0 atom stereocenters. The van der Waals surface area contributed by atoms with Gasteiger partial charge in [0.2, 0.25) is 11.7 Å². The maximum absolute atomic E-state index is 10.4. The van der Waals surface area contributed by atoms with Crippen molar-refractivity contribution in [3.63, 3.8) is 0 Å². The molecule has 0 spiro atoms. The SMILES string of the molecule is O=C(O)CCCCc1nc(-c2ccc(Br)cc2)no1. The van der Waals surface area contributed by atoms with Gasteiger partial charge in [0.1, 0.15) is 0 Å². The summed E-state index contributed by atoms with van der Waals surface area (Å²) in [5.41, 5.74) is 0.892. The fourth-order valence-corrected chi connectivity index (χ4v) is 1.89. The van der Waals surface area contributed by atoms with Crippen molar-refractivity contribution < 1.29 is 14.4 Å². The van der Waals surface area contributed by atoms with Gasteiger partial charge in [-0.2, -0.15) is 4.98 Å².